The lowest BCUT2D eigenvalue weighted by atomic mass is 9.93. The molecule has 0 bridgehead atoms. The molecule has 1 fully saturated rings. The van der Waals surface area contributed by atoms with E-state index < -0.39 is 0 Å². The SMILES string of the molecule is CCOC(=O)CC(CCCN1C(=O)C(N)CC1C)c1cnc(C)nc1. The van der Waals surface area contributed by atoms with Crippen LogP contribution in [0.25, 0.3) is 0 Å². The monoisotopic (exact) mass is 348 g/mol. The minimum atomic E-state index is -0.379. The Hall–Kier alpha value is -2.02. The molecule has 0 aromatic carbocycles. The van der Waals surface area contributed by atoms with Crippen molar-refractivity contribution in [2.75, 3.05) is 13.2 Å². The zero-order valence-corrected chi connectivity index (χ0v) is 15.3. The summed E-state index contributed by atoms with van der Waals surface area (Å²) < 4.78 is 5.08. The van der Waals surface area contributed by atoms with E-state index in [9.17, 15) is 9.59 Å². The lowest BCUT2D eigenvalue weighted by Crippen LogP contribution is -2.36. The van der Waals surface area contributed by atoms with Gasteiger partial charge in [-0.25, -0.2) is 9.97 Å². The van der Waals surface area contributed by atoms with Crippen LogP contribution in [0.2, 0.25) is 0 Å². The Labute approximate surface area is 149 Å². The summed E-state index contributed by atoms with van der Waals surface area (Å²) in [7, 11) is 0. The van der Waals surface area contributed by atoms with E-state index in [1.165, 1.54) is 0 Å². The summed E-state index contributed by atoms with van der Waals surface area (Å²) in [6, 6.07) is -0.204. The number of carbonyl (C=O) groups excluding carboxylic acids is 2. The van der Waals surface area contributed by atoms with Gasteiger partial charge in [0, 0.05) is 25.0 Å². The Balaban J connectivity index is 1.97. The van der Waals surface area contributed by atoms with Crippen LogP contribution in [0, 0.1) is 6.92 Å². The van der Waals surface area contributed by atoms with Gasteiger partial charge in [-0.3, -0.25) is 9.59 Å². The average molecular weight is 348 g/mol. The Kier molecular flexibility index (Phi) is 6.87. The summed E-state index contributed by atoms with van der Waals surface area (Å²) >= 11 is 0. The lowest BCUT2D eigenvalue weighted by molar-refractivity contribution is -0.143. The molecule has 0 radical (unpaired) electrons. The first kappa shape index (κ1) is 19.3. The third-order valence-electron chi connectivity index (χ3n) is 4.67. The van der Waals surface area contributed by atoms with E-state index in [0.717, 1.165) is 18.4 Å². The molecule has 2 N–H and O–H groups in total. The fraction of sp³-hybridized carbons (Fsp3) is 0.667. The molecule has 3 atom stereocenters. The van der Waals surface area contributed by atoms with Crippen LogP contribution in [0.5, 0.6) is 0 Å². The molecular weight excluding hydrogens is 320 g/mol. The van der Waals surface area contributed by atoms with Crippen molar-refractivity contribution < 1.29 is 14.3 Å². The number of amides is 1. The molecule has 0 aliphatic carbocycles. The molecule has 0 saturated carbocycles. The number of aromatic nitrogens is 2. The molecule has 2 heterocycles. The van der Waals surface area contributed by atoms with Gasteiger partial charge in [0.25, 0.3) is 0 Å². The molecule has 1 amide bonds. The van der Waals surface area contributed by atoms with Crippen molar-refractivity contribution >= 4 is 11.9 Å². The maximum Gasteiger partial charge on any atom is 0.306 e. The van der Waals surface area contributed by atoms with Gasteiger partial charge in [0.2, 0.25) is 5.91 Å². The van der Waals surface area contributed by atoms with Gasteiger partial charge in [-0.1, -0.05) is 0 Å². The highest BCUT2D eigenvalue weighted by Crippen LogP contribution is 2.26. The predicted octanol–water partition coefficient (Wildman–Crippen LogP) is 1.55. The van der Waals surface area contributed by atoms with Gasteiger partial charge in [0.05, 0.1) is 19.1 Å². The molecule has 1 aliphatic heterocycles. The molecule has 7 heteroatoms. The highest BCUT2D eigenvalue weighted by atomic mass is 16.5. The summed E-state index contributed by atoms with van der Waals surface area (Å²) in [5.41, 5.74) is 6.75. The van der Waals surface area contributed by atoms with E-state index in [-0.39, 0.29) is 29.9 Å². The average Bonchev–Trinajstić information content (AvgIpc) is 2.81. The predicted molar refractivity (Wildman–Crippen MR) is 93.8 cm³/mol. The van der Waals surface area contributed by atoms with E-state index in [1.54, 1.807) is 19.3 Å². The Morgan fingerprint density at radius 1 is 1.44 bits per heavy atom. The molecule has 0 spiro atoms. The lowest BCUT2D eigenvalue weighted by Gasteiger charge is -2.23. The molecule has 1 aromatic rings. The van der Waals surface area contributed by atoms with Gasteiger partial charge >= 0.3 is 5.97 Å². The van der Waals surface area contributed by atoms with Crippen molar-refractivity contribution in [1.82, 2.24) is 14.9 Å². The number of ether oxygens (including phenoxy) is 1. The smallest absolute Gasteiger partial charge is 0.306 e. The van der Waals surface area contributed by atoms with E-state index in [1.807, 2.05) is 18.7 Å². The van der Waals surface area contributed by atoms with Crippen molar-refractivity contribution in [2.24, 2.45) is 5.73 Å². The maximum absolute atomic E-state index is 12.1. The fourth-order valence-corrected chi connectivity index (χ4v) is 3.29. The van der Waals surface area contributed by atoms with Crippen molar-refractivity contribution in [3.05, 3.63) is 23.8 Å². The second-order valence-corrected chi connectivity index (χ2v) is 6.63. The third-order valence-corrected chi connectivity index (χ3v) is 4.67. The summed E-state index contributed by atoms with van der Waals surface area (Å²) in [6.45, 7) is 6.67. The van der Waals surface area contributed by atoms with Crippen LogP contribution in [-0.2, 0) is 14.3 Å². The zero-order chi connectivity index (χ0) is 18.4. The first-order valence-electron chi connectivity index (χ1n) is 8.92. The molecule has 7 nitrogen and oxygen atoms in total. The molecule has 2 rings (SSSR count). The van der Waals surface area contributed by atoms with Crippen LogP contribution in [0.1, 0.15) is 56.8 Å². The minimum Gasteiger partial charge on any atom is -0.466 e. The summed E-state index contributed by atoms with van der Waals surface area (Å²) in [6.07, 6.45) is 6.09. The third kappa shape index (κ3) is 5.22. The Morgan fingerprint density at radius 3 is 2.68 bits per heavy atom. The normalized spacial score (nSPS) is 21.4. The first-order chi connectivity index (χ1) is 11.9. The summed E-state index contributed by atoms with van der Waals surface area (Å²) in [4.78, 5) is 34.3. The Bertz CT molecular complexity index is 590. The molecular formula is C18H28N4O3. The van der Waals surface area contributed by atoms with E-state index in [4.69, 9.17) is 10.5 Å². The standard InChI is InChI=1S/C18H28N4O3/c1-4-25-17(23)9-14(15-10-20-13(3)21-11-15)6-5-7-22-12(2)8-16(19)18(22)24/h10-12,14,16H,4-9,19H2,1-3H3. The first-order valence-corrected chi connectivity index (χ1v) is 8.92. The van der Waals surface area contributed by atoms with Gasteiger partial charge < -0.3 is 15.4 Å². The van der Waals surface area contributed by atoms with Gasteiger partial charge in [0.1, 0.15) is 5.82 Å². The number of hydrogen-bond acceptors (Lipinski definition) is 6. The maximum atomic E-state index is 12.1. The molecule has 25 heavy (non-hydrogen) atoms. The second kappa shape index (κ2) is 8.89. The van der Waals surface area contributed by atoms with Crippen LogP contribution >= 0.6 is 0 Å². The Morgan fingerprint density at radius 2 is 2.12 bits per heavy atom. The van der Waals surface area contributed by atoms with E-state index >= 15 is 0 Å². The van der Waals surface area contributed by atoms with Crippen LogP contribution in [0.3, 0.4) is 0 Å². The quantitative estimate of drug-likeness (QED) is 0.716. The van der Waals surface area contributed by atoms with Crippen molar-refractivity contribution in [3.8, 4) is 0 Å². The minimum absolute atomic E-state index is 0.0127. The molecule has 1 aromatic heterocycles. The van der Waals surface area contributed by atoms with Crippen molar-refractivity contribution in [3.63, 3.8) is 0 Å². The van der Waals surface area contributed by atoms with Gasteiger partial charge in [-0.05, 0) is 51.5 Å². The molecule has 3 unspecified atom stereocenters. The number of nitrogens with two attached hydrogens (primary N) is 1. The number of likely N-dealkylation sites (tertiary alicyclic amines) is 1. The van der Waals surface area contributed by atoms with E-state index in [2.05, 4.69) is 9.97 Å². The number of aryl methyl sites for hydroxylation is 1. The highest BCUT2D eigenvalue weighted by molar-refractivity contribution is 5.84. The van der Waals surface area contributed by atoms with Crippen molar-refractivity contribution in [1.29, 1.82) is 0 Å². The van der Waals surface area contributed by atoms with Crippen LogP contribution in [-0.4, -0.2) is 52.0 Å². The van der Waals surface area contributed by atoms with Crippen LogP contribution < -0.4 is 5.73 Å². The zero-order valence-electron chi connectivity index (χ0n) is 15.3. The number of nitrogens with zero attached hydrogens (tertiary/aromatic N) is 3. The van der Waals surface area contributed by atoms with Crippen LogP contribution in [0.15, 0.2) is 12.4 Å². The van der Waals surface area contributed by atoms with E-state index in [0.29, 0.717) is 31.8 Å². The van der Waals surface area contributed by atoms with Crippen LogP contribution in [0.4, 0.5) is 0 Å². The highest BCUT2D eigenvalue weighted by Gasteiger charge is 2.34. The molecule has 1 saturated heterocycles. The van der Waals surface area contributed by atoms with Crippen molar-refractivity contribution in [2.45, 2.75) is 64.5 Å². The second-order valence-electron chi connectivity index (χ2n) is 6.63. The largest absolute Gasteiger partial charge is 0.466 e. The fourth-order valence-electron chi connectivity index (χ4n) is 3.29. The molecule has 138 valence electrons. The van der Waals surface area contributed by atoms with Gasteiger partial charge in [-0.15, -0.1) is 0 Å². The number of hydrogen-bond donors (Lipinski definition) is 1. The van der Waals surface area contributed by atoms with Gasteiger partial charge in [0.15, 0.2) is 0 Å². The summed E-state index contributed by atoms with van der Waals surface area (Å²) in [5.74, 6) is 0.485. The number of esters is 1. The topological polar surface area (TPSA) is 98.4 Å². The molecule has 1 aliphatic rings. The van der Waals surface area contributed by atoms with Gasteiger partial charge in [-0.2, -0.15) is 0 Å². The number of carbonyl (C=O) groups is 2. The summed E-state index contributed by atoms with van der Waals surface area (Å²) in [5, 5.41) is 0. The number of rotatable bonds is 8.